The average molecular weight is 280 g/mol. The maximum absolute atomic E-state index is 11.6. The number of amides is 2. The van der Waals surface area contributed by atoms with Gasteiger partial charge in [-0.15, -0.1) is 0 Å². The second-order valence-corrected chi connectivity index (χ2v) is 4.50. The first-order valence-corrected chi connectivity index (χ1v) is 6.24. The molecule has 2 rings (SSSR count). The third-order valence-corrected chi connectivity index (χ3v) is 2.70. The van der Waals surface area contributed by atoms with Crippen molar-refractivity contribution in [3.63, 3.8) is 0 Å². The molecule has 0 spiro atoms. The van der Waals surface area contributed by atoms with Crippen molar-refractivity contribution in [2.75, 3.05) is 11.9 Å². The van der Waals surface area contributed by atoms with Gasteiger partial charge in [-0.2, -0.15) is 0 Å². The lowest BCUT2D eigenvalue weighted by molar-refractivity contribution is 0.252. The van der Waals surface area contributed by atoms with Gasteiger partial charge in [0.1, 0.15) is 5.76 Å². The minimum atomic E-state index is -0.262. The molecule has 2 aromatic rings. The van der Waals surface area contributed by atoms with Crippen LogP contribution in [0.2, 0.25) is 5.02 Å². The normalized spacial score (nSPS) is 10.2. The minimum Gasteiger partial charge on any atom is -0.361 e. The zero-order valence-electron chi connectivity index (χ0n) is 10.4. The Kier molecular flexibility index (Phi) is 4.41. The summed E-state index contributed by atoms with van der Waals surface area (Å²) in [5.41, 5.74) is 1.52. The van der Waals surface area contributed by atoms with Gasteiger partial charge >= 0.3 is 6.03 Å². The molecule has 0 saturated carbocycles. The number of anilines is 1. The molecular weight excluding hydrogens is 266 g/mol. The predicted octanol–water partition coefficient (Wildman–Crippen LogP) is 3.00. The molecule has 0 aliphatic heterocycles. The predicted molar refractivity (Wildman–Crippen MR) is 73.4 cm³/mol. The highest BCUT2D eigenvalue weighted by atomic mass is 35.5. The molecule has 0 aliphatic carbocycles. The first-order chi connectivity index (χ1) is 9.13. The summed E-state index contributed by atoms with van der Waals surface area (Å²) in [6, 6.07) is 8.50. The Bertz CT molecular complexity index is 551. The van der Waals surface area contributed by atoms with Gasteiger partial charge in [0.15, 0.2) is 0 Å². The van der Waals surface area contributed by atoms with Crippen molar-refractivity contribution in [1.29, 1.82) is 0 Å². The van der Waals surface area contributed by atoms with E-state index in [9.17, 15) is 4.79 Å². The number of carbonyl (C=O) groups excluding carboxylic acids is 1. The molecule has 0 fully saturated rings. The van der Waals surface area contributed by atoms with Crippen LogP contribution >= 0.6 is 11.6 Å². The van der Waals surface area contributed by atoms with E-state index in [2.05, 4.69) is 15.8 Å². The Hall–Kier alpha value is -2.01. The van der Waals surface area contributed by atoms with Crippen molar-refractivity contribution >= 4 is 23.3 Å². The van der Waals surface area contributed by atoms with Crippen molar-refractivity contribution in [2.24, 2.45) is 0 Å². The lowest BCUT2D eigenvalue weighted by Crippen LogP contribution is -2.30. The summed E-state index contributed by atoms with van der Waals surface area (Å²) in [5, 5.41) is 9.92. The first kappa shape index (κ1) is 13.4. The number of carbonyl (C=O) groups is 1. The summed E-state index contributed by atoms with van der Waals surface area (Å²) >= 11 is 5.76. The number of hydrogen-bond acceptors (Lipinski definition) is 3. The number of nitrogens with zero attached hydrogens (tertiary/aromatic N) is 1. The molecule has 0 aliphatic rings. The third kappa shape index (κ3) is 4.30. The number of halogens is 1. The Morgan fingerprint density at radius 1 is 1.37 bits per heavy atom. The van der Waals surface area contributed by atoms with Gasteiger partial charge in [0, 0.05) is 29.7 Å². The van der Waals surface area contributed by atoms with E-state index >= 15 is 0 Å². The molecule has 5 nitrogen and oxygen atoms in total. The van der Waals surface area contributed by atoms with Crippen LogP contribution in [0, 0.1) is 6.92 Å². The monoisotopic (exact) mass is 279 g/mol. The van der Waals surface area contributed by atoms with E-state index in [0.29, 0.717) is 23.7 Å². The SMILES string of the molecule is Cc1cc(CCNC(=O)Nc2ccc(Cl)cc2)no1. The van der Waals surface area contributed by atoms with Crippen LogP contribution < -0.4 is 10.6 Å². The van der Waals surface area contributed by atoms with Gasteiger partial charge in [0.25, 0.3) is 0 Å². The highest BCUT2D eigenvalue weighted by Gasteiger charge is 2.03. The van der Waals surface area contributed by atoms with Crippen LogP contribution in [0.25, 0.3) is 0 Å². The van der Waals surface area contributed by atoms with Gasteiger partial charge < -0.3 is 15.2 Å². The zero-order valence-corrected chi connectivity index (χ0v) is 11.2. The third-order valence-electron chi connectivity index (χ3n) is 2.45. The quantitative estimate of drug-likeness (QED) is 0.904. The van der Waals surface area contributed by atoms with Gasteiger partial charge in [-0.05, 0) is 31.2 Å². The van der Waals surface area contributed by atoms with Crippen LogP contribution in [-0.2, 0) is 6.42 Å². The molecule has 0 saturated heterocycles. The zero-order chi connectivity index (χ0) is 13.7. The van der Waals surface area contributed by atoms with Gasteiger partial charge in [-0.25, -0.2) is 4.79 Å². The van der Waals surface area contributed by atoms with E-state index in [1.165, 1.54) is 0 Å². The first-order valence-electron chi connectivity index (χ1n) is 5.86. The van der Waals surface area contributed by atoms with Gasteiger partial charge in [-0.3, -0.25) is 0 Å². The Morgan fingerprint density at radius 3 is 2.74 bits per heavy atom. The number of rotatable bonds is 4. The van der Waals surface area contributed by atoms with Crippen LogP contribution in [0.1, 0.15) is 11.5 Å². The molecule has 1 aromatic carbocycles. The number of benzene rings is 1. The second-order valence-electron chi connectivity index (χ2n) is 4.07. The van der Waals surface area contributed by atoms with Crippen molar-refractivity contribution in [1.82, 2.24) is 10.5 Å². The lowest BCUT2D eigenvalue weighted by Gasteiger charge is -2.06. The topological polar surface area (TPSA) is 67.2 Å². The molecular formula is C13H14ClN3O2. The van der Waals surface area contributed by atoms with E-state index in [-0.39, 0.29) is 6.03 Å². The molecule has 0 unspecified atom stereocenters. The summed E-state index contributed by atoms with van der Waals surface area (Å²) in [6.45, 7) is 2.32. The van der Waals surface area contributed by atoms with E-state index < -0.39 is 0 Å². The van der Waals surface area contributed by atoms with E-state index in [1.807, 2.05) is 13.0 Å². The number of aryl methyl sites for hydroxylation is 1. The molecule has 2 N–H and O–H groups in total. The summed E-state index contributed by atoms with van der Waals surface area (Å²) < 4.78 is 4.94. The highest BCUT2D eigenvalue weighted by Crippen LogP contribution is 2.13. The largest absolute Gasteiger partial charge is 0.361 e. The highest BCUT2D eigenvalue weighted by molar-refractivity contribution is 6.30. The smallest absolute Gasteiger partial charge is 0.319 e. The second kappa shape index (κ2) is 6.24. The molecule has 100 valence electrons. The molecule has 1 aromatic heterocycles. The lowest BCUT2D eigenvalue weighted by atomic mass is 10.3. The molecule has 6 heteroatoms. The van der Waals surface area contributed by atoms with Gasteiger partial charge in [-0.1, -0.05) is 16.8 Å². The minimum absolute atomic E-state index is 0.262. The van der Waals surface area contributed by atoms with Gasteiger partial charge in [0.05, 0.1) is 5.69 Å². The van der Waals surface area contributed by atoms with Crippen LogP contribution in [0.5, 0.6) is 0 Å². The summed E-state index contributed by atoms with van der Waals surface area (Å²) in [4.78, 5) is 11.6. The van der Waals surface area contributed by atoms with Gasteiger partial charge in [0.2, 0.25) is 0 Å². The van der Waals surface area contributed by atoms with E-state index in [4.69, 9.17) is 16.1 Å². The summed E-state index contributed by atoms with van der Waals surface area (Å²) in [6.07, 6.45) is 0.630. The van der Waals surface area contributed by atoms with Crippen molar-refractivity contribution in [3.05, 3.63) is 46.8 Å². The maximum atomic E-state index is 11.6. The van der Waals surface area contributed by atoms with Crippen LogP contribution in [-0.4, -0.2) is 17.7 Å². The van der Waals surface area contributed by atoms with Crippen LogP contribution in [0.3, 0.4) is 0 Å². The molecule has 0 radical (unpaired) electrons. The number of aromatic nitrogens is 1. The molecule has 2 amide bonds. The van der Waals surface area contributed by atoms with Crippen LogP contribution in [0.15, 0.2) is 34.9 Å². The van der Waals surface area contributed by atoms with Crippen molar-refractivity contribution in [3.8, 4) is 0 Å². The number of urea groups is 1. The molecule has 19 heavy (non-hydrogen) atoms. The Balaban J connectivity index is 1.74. The van der Waals surface area contributed by atoms with Crippen LogP contribution in [0.4, 0.5) is 10.5 Å². The molecule has 0 bridgehead atoms. The van der Waals surface area contributed by atoms with E-state index in [0.717, 1.165) is 11.5 Å². The fourth-order valence-electron chi connectivity index (χ4n) is 1.55. The number of hydrogen-bond donors (Lipinski definition) is 2. The summed E-state index contributed by atoms with van der Waals surface area (Å²) in [5.74, 6) is 0.764. The van der Waals surface area contributed by atoms with Crippen molar-refractivity contribution < 1.29 is 9.32 Å². The average Bonchev–Trinajstić information content (AvgIpc) is 2.78. The van der Waals surface area contributed by atoms with Crippen molar-refractivity contribution in [2.45, 2.75) is 13.3 Å². The molecule has 1 heterocycles. The summed E-state index contributed by atoms with van der Waals surface area (Å²) in [7, 11) is 0. The molecule has 0 atom stereocenters. The maximum Gasteiger partial charge on any atom is 0.319 e. The fraction of sp³-hybridized carbons (Fsp3) is 0.231. The van der Waals surface area contributed by atoms with E-state index in [1.54, 1.807) is 24.3 Å². The Morgan fingerprint density at radius 2 is 2.11 bits per heavy atom. The number of nitrogens with one attached hydrogen (secondary N) is 2. The fourth-order valence-corrected chi connectivity index (χ4v) is 1.67. The Labute approximate surface area is 115 Å². The standard InChI is InChI=1S/C13H14ClN3O2/c1-9-8-12(17-19-9)6-7-15-13(18)16-11-4-2-10(14)3-5-11/h2-5,8H,6-7H2,1H3,(H2,15,16,18).